The summed E-state index contributed by atoms with van der Waals surface area (Å²) in [5.74, 6) is 0.238. The van der Waals surface area contributed by atoms with Crippen molar-refractivity contribution < 1.29 is 8.42 Å². The predicted octanol–water partition coefficient (Wildman–Crippen LogP) is 13.4. The summed E-state index contributed by atoms with van der Waals surface area (Å²) in [5.41, 5.74) is 1.50. The third kappa shape index (κ3) is 26.2. The molecule has 47 heavy (non-hydrogen) atoms. The Bertz CT molecular complexity index is 971. The van der Waals surface area contributed by atoms with Gasteiger partial charge in [-0.25, -0.2) is 8.42 Å². The van der Waals surface area contributed by atoms with Crippen LogP contribution < -0.4 is 0 Å². The molecule has 0 N–H and O–H groups in total. The van der Waals surface area contributed by atoms with Crippen LogP contribution >= 0.6 is 0 Å². The molecule has 4 nitrogen and oxygen atoms in total. The molecule has 0 atom stereocenters. The van der Waals surface area contributed by atoms with Gasteiger partial charge in [-0.15, -0.1) is 0 Å². The van der Waals surface area contributed by atoms with E-state index in [0.29, 0.717) is 18.7 Å². The molecular formula is C42H76N2O2S. The number of sulfonamides is 1. The Kier molecular flexibility index (Phi) is 29.6. The summed E-state index contributed by atoms with van der Waals surface area (Å²) in [6.45, 7) is 5.50. The van der Waals surface area contributed by atoms with Gasteiger partial charge in [0, 0.05) is 13.1 Å². The van der Waals surface area contributed by atoms with Crippen LogP contribution in [0.1, 0.15) is 218 Å². The zero-order valence-electron chi connectivity index (χ0n) is 31.3. The standard InChI is InChI=1S/C42H76N2O2S/c1-3-5-7-9-11-13-15-17-19-20-21-23-25-27-29-31-36-44(40-42-35-33-34-41(38-42)39-43)47(45,46)37-32-30-28-26-24-22-18-16-14-12-10-8-6-4-2/h33-35,38H,3-32,36-37,40H2,1-2H3. The molecule has 0 bridgehead atoms. The van der Waals surface area contributed by atoms with E-state index in [4.69, 9.17) is 0 Å². The molecule has 1 aromatic rings. The van der Waals surface area contributed by atoms with E-state index in [-0.39, 0.29) is 5.75 Å². The van der Waals surface area contributed by atoms with Gasteiger partial charge in [-0.3, -0.25) is 0 Å². The Morgan fingerprint density at radius 3 is 1.28 bits per heavy atom. The molecule has 0 unspecified atom stereocenters. The number of unbranched alkanes of at least 4 members (excludes halogenated alkanes) is 28. The normalized spacial score (nSPS) is 11.8. The van der Waals surface area contributed by atoms with Gasteiger partial charge in [0.1, 0.15) is 0 Å². The Morgan fingerprint density at radius 2 is 0.894 bits per heavy atom. The highest BCUT2D eigenvalue weighted by atomic mass is 32.2. The fourth-order valence-electron chi connectivity index (χ4n) is 6.70. The molecule has 0 radical (unpaired) electrons. The summed E-state index contributed by atoms with van der Waals surface area (Å²) in [7, 11) is -3.33. The average molecular weight is 673 g/mol. The van der Waals surface area contributed by atoms with Crippen molar-refractivity contribution in [2.24, 2.45) is 0 Å². The largest absolute Gasteiger partial charge is 0.214 e. The van der Waals surface area contributed by atoms with Gasteiger partial charge in [0.15, 0.2) is 0 Å². The maximum atomic E-state index is 13.5. The van der Waals surface area contributed by atoms with E-state index in [0.717, 1.165) is 37.7 Å². The molecule has 0 aliphatic rings. The molecule has 0 fully saturated rings. The lowest BCUT2D eigenvalue weighted by atomic mass is 10.0. The monoisotopic (exact) mass is 673 g/mol. The fourth-order valence-corrected chi connectivity index (χ4v) is 8.28. The number of hydrogen-bond donors (Lipinski definition) is 0. The summed E-state index contributed by atoms with van der Waals surface area (Å²) < 4.78 is 28.6. The number of benzene rings is 1. The topological polar surface area (TPSA) is 61.2 Å². The lowest BCUT2D eigenvalue weighted by Crippen LogP contribution is -2.33. The van der Waals surface area contributed by atoms with Crippen LogP contribution in [0.15, 0.2) is 24.3 Å². The molecule has 0 saturated heterocycles. The lowest BCUT2D eigenvalue weighted by Gasteiger charge is -2.22. The minimum atomic E-state index is -3.33. The van der Waals surface area contributed by atoms with Crippen LogP contribution in [-0.2, 0) is 16.6 Å². The minimum absolute atomic E-state index is 0.238. The van der Waals surface area contributed by atoms with E-state index in [9.17, 15) is 13.7 Å². The molecule has 5 heteroatoms. The molecule has 0 aliphatic carbocycles. The highest BCUT2D eigenvalue weighted by molar-refractivity contribution is 7.89. The van der Waals surface area contributed by atoms with Crippen LogP contribution in [0, 0.1) is 11.3 Å². The van der Waals surface area contributed by atoms with Crippen LogP contribution in [0.25, 0.3) is 0 Å². The van der Waals surface area contributed by atoms with Crippen LogP contribution in [0.5, 0.6) is 0 Å². The van der Waals surface area contributed by atoms with Crippen LogP contribution in [0.4, 0.5) is 0 Å². The van der Waals surface area contributed by atoms with Crippen molar-refractivity contribution in [3.8, 4) is 6.07 Å². The second kappa shape index (κ2) is 31.9. The predicted molar refractivity (Wildman–Crippen MR) is 205 cm³/mol. The van der Waals surface area contributed by atoms with E-state index in [1.54, 1.807) is 10.4 Å². The van der Waals surface area contributed by atoms with Crippen molar-refractivity contribution in [2.45, 2.75) is 213 Å². The summed E-state index contributed by atoms with van der Waals surface area (Å²) >= 11 is 0. The first-order chi connectivity index (χ1) is 23.0. The molecule has 0 heterocycles. The third-order valence-electron chi connectivity index (χ3n) is 9.83. The van der Waals surface area contributed by atoms with Crippen molar-refractivity contribution in [2.75, 3.05) is 12.3 Å². The fraction of sp³-hybridized carbons (Fsp3) is 0.833. The molecule has 1 aromatic carbocycles. The highest BCUT2D eigenvalue weighted by Crippen LogP contribution is 2.18. The van der Waals surface area contributed by atoms with Gasteiger partial charge in [0.2, 0.25) is 10.0 Å². The van der Waals surface area contributed by atoms with Gasteiger partial charge >= 0.3 is 0 Å². The first kappa shape index (κ1) is 43.6. The average Bonchev–Trinajstić information content (AvgIpc) is 3.07. The van der Waals surface area contributed by atoms with Crippen LogP contribution in [0.3, 0.4) is 0 Å². The Morgan fingerprint density at radius 1 is 0.532 bits per heavy atom. The number of nitriles is 1. The van der Waals surface area contributed by atoms with Crippen LogP contribution in [-0.4, -0.2) is 25.0 Å². The van der Waals surface area contributed by atoms with E-state index in [1.165, 1.54) is 161 Å². The van der Waals surface area contributed by atoms with Gasteiger partial charge in [-0.05, 0) is 30.5 Å². The summed E-state index contributed by atoms with van der Waals surface area (Å²) in [6.07, 6.45) is 38.8. The summed E-state index contributed by atoms with van der Waals surface area (Å²) in [5, 5.41) is 9.33. The van der Waals surface area contributed by atoms with Gasteiger partial charge in [0.25, 0.3) is 0 Å². The van der Waals surface area contributed by atoms with E-state index in [1.807, 2.05) is 18.2 Å². The maximum Gasteiger partial charge on any atom is 0.214 e. The van der Waals surface area contributed by atoms with Gasteiger partial charge in [-0.1, -0.05) is 206 Å². The summed E-state index contributed by atoms with van der Waals surface area (Å²) in [4.78, 5) is 0. The van der Waals surface area contributed by atoms with Gasteiger partial charge in [-0.2, -0.15) is 9.57 Å². The molecule has 0 aliphatic heterocycles. The molecule has 0 amide bonds. The smallest absolute Gasteiger partial charge is 0.212 e. The molecule has 272 valence electrons. The van der Waals surface area contributed by atoms with Crippen molar-refractivity contribution in [1.82, 2.24) is 4.31 Å². The molecule has 0 aromatic heterocycles. The Balaban J connectivity index is 2.25. The van der Waals surface area contributed by atoms with Crippen molar-refractivity contribution in [3.05, 3.63) is 35.4 Å². The van der Waals surface area contributed by atoms with Crippen LogP contribution in [0.2, 0.25) is 0 Å². The molecule has 0 saturated carbocycles. The molecule has 1 rings (SSSR count). The first-order valence-corrected chi connectivity index (χ1v) is 22.1. The van der Waals surface area contributed by atoms with E-state index < -0.39 is 10.0 Å². The molecule has 0 spiro atoms. The highest BCUT2D eigenvalue weighted by Gasteiger charge is 2.21. The van der Waals surface area contributed by atoms with Crippen molar-refractivity contribution in [3.63, 3.8) is 0 Å². The SMILES string of the molecule is CCCCCCCCCCCCCCCCCCN(Cc1cccc(C#N)c1)S(=O)(=O)CCCCCCCCCCCCCCCC. The number of rotatable bonds is 35. The second-order valence-electron chi connectivity index (χ2n) is 14.4. The zero-order chi connectivity index (χ0) is 34.1. The van der Waals surface area contributed by atoms with Crippen molar-refractivity contribution >= 4 is 10.0 Å². The quantitative estimate of drug-likeness (QED) is 0.0674. The van der Waals surface area contributed by atoms with Gasteiger partial charge < -0.3 is 0 Å². The third-order valence-corrected chi connectivity index (χ3v) is 11.7. The molecular weight excluding hydrogens is 597 g/mol. The second-order valence-corrected chi connectivity index (χ2v) is 16.4. The maximum absolute atomic E-state index is 13.5. The van der Waals surface area contributed by atoms with E-state index in [2.05, 4.69) is 19.9 Å². The first-order valence-electron chi connectivity index (χ1n) is 20.5. The summed E-state index contributed by atoms with van der Waals surface area (Å²) in [6, 6.07) is 9.62. The zero-order valence-corrected chi connectivity index (χ0v) is 32.1. The van der Waals surface area contributed by atoms with Gasteiger partial charge in [0.05, 0.1) is 17.4 Å². The Labute approximate surface area is 293 Å². The lowest BCUT2D eigenvalue weighted by molar-refractivity contribution is 0.389. The number of nitrogens with zero attached hydrogens (tertiary/aromatic N) is 2. The Hall–Kier alpha value is -1.38. The number of hydrogen-bond acceptors (Lipinski definition) is 3. The minimum Gasteiger partial charge on any atom is -0.212 e. The van der Waals surface area contributed by atoms with E-state index >= 15 is 0 Å². The van der Waals surface area contributed by atoms with Crippen molar-refractivity contribution in [1.29, 1.82) is 5.26 Å².